The minimum Gasteiger partial charge on any atom is -0.504 e. The molecule has 4 rings (SSSR count). The minimum absolute atomic E-state index is 0.0696. The maximum atomic E-state index is 11.9. The second-order valence-electron chi connectivity index (χ2n) is 8.15. The smallest absolute Gasteiger partial charge is 0.303 e. The summed E-state index contributed by atoms with van der Waals surface area (Å²) in [7, 11) is 2.91. The van der Waals surface area contributed by atoms with Crippen LogP contribution in [0.15, 0.2) is 23.5 Å². The van der Waals surface area contributed by atoms with Gasteiger partial charge in [-0.1, -0.05) is 6.07 Å². The number of aliphatic hydroxyl groups excluding tert-OH is 1. The highest BCUT2D eigenvalue weighted by molar-refractivity contribution is 5.69. The van der Waals surface area contributed by atoms with Crippen LogP contribution >= 0.6 is 0 Å². The molecule has 0 spiro atoms. The lowest BCUT2D eigenvalue weighted by molar-refractivity contribution is -0.169. The topological polar surface area (TPSA) is 124 Å². The van der Waals surface area contributed by atoms with E-state index < -0.39 is 41.7 Å². The third-order valence-corrected chi connectivity index (χ3v) is 6.49. The lowest BCUT2D eigenvalue weighted by atomic mass is 9.55. The van der Waals surface area contributed by atoms with Crippen LogP contribution in [-0.2, 0) is 29.2 Å². The van der Waals surface area contributed by atoms with Crippen molar-refractivity contribution in [1.29, 1.82) is 0 Å². The molecule has 5 atom stereocenters. The number of phenolic OH excluding ortho intramolecular Hbond substituents is 1. The summed E-state index contributed by atoms with van der Waals surface area (Å²) in [5, 5.41) is 25.6. The molecule has 9 heteroatoms. The fraction of sp³-hybridized carbons (Fsp3) is 0.545. The summed E-state index contributed by atoms with van der Waals surface area (Å²) < 4.78 is 22.2. The number of hydrogen-bond acceptors (Lipinski definition) is 9. The maximum absolute atomic E-state index is 11.9. The van der Waals surface area contributed by atoms with Crippen LogP contribution in [0, 0.1) is 0 Å². The molecular weight excluding hydrogens is 406 g/mol. The van der Waals surface area contributed by atoms with Crippen molar-refractivity contribution in [3.8, 4) is 11.5 Å². The number of methoxy groups -OCH3 is 2. The zero-order valence-electron chi connectivity index (χ0n) is 17.9. The van der Waals surface area contributed by atoms with Crippen LogP contribution in [0.4, 0.5) is 0 Å². The summed E-state index contributed by atoms with van der Waals surface area (Å²) in [6, 6.07) is 2.84. The Morgan fingerprint density at radius 1 is 1.13 bits per heavy atom. The van der Waals surface area contributed by atoms with Crippen LogP contribution < -0.4 is 10.1 Å². The van der Waals surface area contributed by atoms with Gasteiger partial charge < -0.3 is 34.5 Å². The van der Waals surface area contributed by atoms with E-state index in [1.54, 1.807) is 12.1 Å². The van der Waals surface area contributed by atoms with Crippen molar-refractivity contribution >= 4 is 11.9 Å². The Kier molecular flexibility index (Phi) is 5.35. The molecule has 2 bridgehead atoms. The highest BCUT2D eigenvalue weighted by Gasteiger charge is 2.60. The van der Waals surface area contributed by atoms with Gasteiger partial charge in [0.25, 0.3) is 0 Å². The number of hydrogen-bond donors (Lipinski definition) is 3. The predicted molar refractivity (Wildman–Crippen MR) is 107 cm³/mol. The van der Waals surface area contributed by atoms with E-state index in [-0.39, 0.29) is 17.9 Å². The predicted octanol–water partition coefficient (Wildman–Crippen LogP) is 1.22. The quantitative estimate of drug-likeness (QED) is 0.601. The van der Waals surface area contributed by atoms with Crippen LogP contribution in [0.1, 0.15) is 43.9 Å². The van der Waals surface area contributed by atoms with Gasteiger partial charge in [-0.3, -0.25) is 9.59 Å². The first-order chi connectivity index (χ1) is 14.7. The molecule has 3 unspecified atom stereocenters. The van der Waals surface area contributed by atoms with Crippen molar-refractivity contribution in [2.24, 2.45) is 0 Å². The normalized spacial score (nSPS) is 31.3. The molecule has 3 N–H and O–H groups in total. The van der Waals surface area contributed by atoms with Gasteiger partial charge in [0, 0.05) is 36.8 Å². The highest BCUT2D eigenvalue weighted by atomic mass is 16.6. The number of aliphatic hydroxyl groups is 1. The average molecular weight is 433 g/mol. The summed E-state index contributed by atoms with van der Waals surface area (Å²) in [6.07, 6.45) is -1.95. The van der Waals surface area contributed by atoms with Crippen LogP contribution in [0.2, 0.25) is 0 Å². The summed E-state index contributed by atoms with van der Waals surface area (Å²) in [5.74, 6) is -0.542. The van der Waals surface area contributed by atoms with Crippen molar-refractivity contribution in [2.45, 2.75) is 56.5 Å². The second kappa shape index (κ2) is 7.72. The van der Waals surface area contributed by atoms with E-state index in [0.717, 1.165) is 0 Å². The third-order valence-electron chi connectivity index (χ3n) is 6.49. The molecule has 9 nitrogen and oxygen atoms in total. The van der Waals surface area contributed by atoms with E-state index in [4.69, 9.17) is 18.9 Å². The number of carbonyl (C=O) groups is 2. The Hall–Kier alpha value is -2.78. The summed E-state index contributed by atoms with van der Waals surface area (Å²) in [6.45, 7) is 3.12. The molecule has 1 heterocycles. The highest BCUT2D eigenvalue weighted by Crippen LogP contribution is 2.60. The fourth-order valence-electron chi connectivity index (χ4n) is 5.51. The van der Waals surface area contributed by atoms with Gasteiger partial charge in [-0.15, -0.1) is 0 Å². The van der Waals surface area contributed by atoms with Crippen molar-refractivity contribution in [3.05, 3.63) is 34.6 Å². The SMILES string of the molecule is COC1=C2[C@@H]3NCC[C@@]2(CC(OC(C)=O)C1OC(C)=O)c1c(ccc(OC)c1O)C3O. The number of rotatable bonds is 4. The molecule has 0 saturated carbocycles. The van der Waals surface area contributed by atoms with Gasteiger partial charge in [0.1, 0.15) is 11.9 Å². The van der Waals surface area contributed by atoms with E-state index in [1.165, 1.54) is 28.1 Å². The first kappa shape index (κ1) is 21.5. The van der Waals surface area contributed by atoms with Gasteiger partial charge in [0.15, 0.2) is 17.6 Å². The maximum Gasteiger partial charge on any atom is 0.303 e. The standard InChI is InChI=1S/C22H27NO8/c1-10(24)30-14-9-22-7-8-23-17(16(22)21(29-4)20(14)31-11(2)25)18(26)12-5-6-13(28-3)19(27)15(12)22/h5-6,14,17-18,20,23,26-27H,7-9H2,1-4H3/t14?,17-,18?,20?,22+/m0/s1. The number of fused-ring (bicyclic) bond motifs is 1. The first-order valence-corrected chi connectivity index (χ1v) is 10.2. The number of benzene rings is 1. The first-order valence-electron chi connectivity index (χ1n) is 10.2. The Bertz CT molecular complexity index is 957. The van der Waals surface area contributed by atoms with Gasteiger partial charge >= 0.3 is 11.9 Å². The van der Waals surface area contributed by atoms with Crippen LogP contribution in [0.3, 0.4) is 0 Å². The molecule has 1 fully saturated rings. The lowest BCUT2D eigenvalue weighted by Crippen LogP contribution is -2.61. The number of nitrogens with one attached hydrogen (secondary N) is 1. The Morgan fingerprint density at radius 3 is 2.45 bits per heavy atom. The van der Waals surface area contributed by atoms with E-state index in [0.29, 0.717) is 35.4 Å². The van der Waals surface area contributed by atoms with Crippen LogP contribution in [-0.4, -0.2) is 61.2 Å². The molecular formula is C22H27NO8. The molecule has 1 aliphatic heterocycles. The Morgan fingerprint density at radius 2 is 1.84 bits per heavy atom. The third kappa shape index (κ3) is 3.14. The summed E-state index contributed by atoms with van der Waals surface area (Å²) in [4.78, 5) is 23.7. The molecule has 2 aliphatic carbocycles. The minimum atomic E-state index is -0.969. The molecule has 31 heavy (non-hydrogen) atoms. The van der Waals surface area contributed by atoms with E-state index in [2.05, 4.69) is 5.32 Å². The molecule has 3 aliphatic rings. The fourth-order valence-corrected chi connectivity index (χ4v) is 5.51. The van der Waals surface area contributed by atoms with E-state index in [9.17, 15) is 19.8 Å². The number of esters is 2. The monoisotopic (exact) mass is 433 g/mol. The Balaban J connectivity index is 2.02. The molecule has 1 aromatic rings. The molecule has 1 saturated heterocycles. The zero-order valence-corrected chi connectivity index (χ0v) is 17.9. The zero-order chi connectivity index (χ0) is 22.5. The second-order valence-corrected chi connectivity index (χ2v) is 8.15. The van der Waals surface area contributed by atoms with Gasteiger partial charge in [-0.25, -0.2) is 0 Å². The van der Waals surface area contributed by atoms with E-state index in [1.807, 2.05) is 0 Å². The number of phenols is 1. The van der Waals surface area contributed by atoms with Crippen LogP contribution in [0.25, 0.3) is 0 Å². The molecule has 1 aromatic carbocycles. The van der Waals surface area contributed by atoms with Crippen molar-refractivity contribution in [2.75, 3.05) is 20.8 Å². The van der Waals surface area contributed by atoms with Crippen molar-refractivity contribution in [1.82, 2.24) is 5.32 Å². The summed E-state index contributed by atoms with van der Waals surface area (Å²) >= 11 is 0. The van der Waals surface area contributed by atoms with Gasteiger partial charge in [0.05, 0.1) is 26.4 Å². The van der Waals surface area contributed by atoms with Gasteiger partial charge in [0.2, 0.25) is 0 Å². The summed E-state index contributed by atoms with van der Waals surface area (Å²) in [5.41, 5.74) is 0.993. The van der Waals surface area contributed by atoms with Crippen LogP contribution in [0.5, 0.6) is 11.5 Å². The van der Waals surface area contributed by atoms with Crippen molar-refractivity contribution in [3.63, 3.8) is 0 Å². The number of piperidine rings is 1. The molecule has 0 radical (unpaired) electrons. The number of ether oxygens (including phenoxy) is 4. The molecule has 0 aromatic heterocycles. The van der Waals surface area contributed by atoms with Gasteiger partial charge in [-0.2, -0.15) is 0 Å². The number of aromatic hydroxyl groups is 1. The Labute approximate surface area is 179 Å². The lowest BCUT2D eigenvalue weighted by Gasteiger charge is -2.55. The van der Waals surface area contributed by atoms with Gasteiger partial charge in [-0.05, 0) is 24.6 Å². The molecule has 168 valence electrons. The van der Waals surface area contributed by atoms with E-state index >= 15 is 0 Å². The molecule has 0 amide bonds. The number of carbonyl (C=O) groups excluding carboxylic acids is 2. The largest absolute Gasteiger partial charge is 0.504 e. The van der Waals surface area contributed by atoms with Crippen molar-refractivity contribution < 1.29 is 38.7 Å². The average Bonchev–Trinajstić information content (AvgIpc) is 2.71.